The minimum Gasteiger partial charge on any atom is -0.497 e. The van der Waals surface area contributed by atoms with E-state index in [4.69, 9.17) is 14.2 Å². The molecule has 8 heteroatoms. The van der Waals surface area contributed by atoms with E-state index in [1.165, 1.54) is 12.1 Å². The molecule has 0 aliphatic carbocycles. The molecule has 0 heterocycles. The van der Waals surface area contributed by atoms with E-state index < -0.39 is 30.6 Å². The van der Waals surface area contributed by atoms with Gasteiger partial charge < -0.3 is 24.4 Å². The lowest BCUT2D eigenvalue weighted by atomic mass is 10.1. The number of aliphatic hydroxyl groups is 2. The molecule has 2 aromatic carbocycles. The van der Waals surface area contributed by atoms with E-state index in [-0.39, 0.29) is 19.8 Å². The fraction of sp³-hybridized carbons (Fsp3) is 0.400. The van der Waals surface area contributed by atoms with Crippen LogP contribution in [-0.2, 0) is 28.9 Å². The Labute approximate surface area is 161 Å². The normalized spacial score (nSPS) is 13.9. The molecule has 0 aliphatic rings. The summed E-state index contributed by atoms with van der Waals surface area (Å²) in [4.78, 5) is 0. The van der Waals surface area contributed by atoms with Crippen molar-refractivity contribution in [2.24, 2.45) is 0 Å². The highest BCUT2D eigenvalue weighted by Gasteiger charge is 2.30. The van der Waals surface area contributed by atoms with Gasteiger partial charge in [-0.3, -0.25) is 0 Å². The van der Waals surface area contributed by atoms with E-state index >= 15 is 0 Å². The number of hydrogen-bond acceptors (Lipinski definition) is 5. The summed E-state index contributed by atoms with van der Waals surface area (Å²) < 4.78 is 53.9. The molecule has 28 heavy (non-hydrogen) atoms. The number of rotatable bonds is 10. The fourth-order valence-electron chi connectivity index (χ4n) is 2.40. The second-order valence-electron chi connectivity index (χ2n) is 6.16. The van der Waals surface area contributed by atoms with Crippen LogP contribution in [0.3, 0.4) is 0 Å². The molecule has 0 unspecified atom stereocenters. The predicted octanol–water partition coefficient (Wildman–Crippen LogP) is 3.17. The Kier molecular flexibility index (Phi) is 8.25. The van der Waals surface area contributed by atoms with Crippen LogP contribution in [0.1, 0.15) is 16.7 Å². The minimum absolute atomic E-state index is 0.00832. The molecule has 0 fully saturated rings. The lowest BCUT2D eigenvalue weighted by Gasteiger charge is -2.22. The average molecular weight is 400 g/mol. The van der Waals surface area contributed by atoms with Crippen LogP contribution >= 0.6 is 0 Å². The van der Waals surface area contributed by atoms with Gasteiger partial charge in [-0.2, -0.15) is 13.2 Å². The maximum Gasteiger partial charge on any atom is 0.416 e. The van der Waals surface area contributed by atoms with Gasteiger partial charge in [0.05, 0.1) is 39.1 Å². The Balaban J connectivity index is 1.86. The smallest absolute Gasteiger partial charge is 0.416 e. The third-order valence-corrected chi connectivity index (χ3v) is 4.07. The van der Waals surface area contributed by atoms with Crippen LogP contribution in [0.5, 0.6) is 5.75 Å². The van der Waals surface area contributed by atoms with E-state index in [2.05, 4.69) is 0 Å². The van der Waals surface area contributed by atoms with Crippen LogP contribution in [0.15, 0.2) is 48.5 Å². The number of methoxy groups -OCH3 is 1. The highest BCUT2D eigenvalue weighted by molar-refractivity contribution is 5.26. The Morgan fingerprint density at radius 1 is 0.929 bits per heavy atom. The predicted molar refractivity (Wildman–Crippen MR) is 95.8 cm³/mol. The summed E-state index contributed by atoms with van der Waals surface area (Å²) in [6, 6.07) is 11.8. The summed E-state index contributed by atoms with van der Waals surface area (Å²) in [5, 5.41) is 19.1. The molecule has 2 atom stereocenters. The second-order valence-corrected chi connectivity index (χ2v) is 6.16. The van der Waals surface area contributed by atoms with Crippen LogP contribution in [0.25, 0.3) is 0 Å². The topological polar surface area (TPSA) is 68.2 Å². The van der Waals surface area contributed by atoms with Crippen molar-refractivity contribution in [1.29, 1.82) is 0 Å². The van der Waals surface area contributed by atoms with Gasteiger partial charge in [-0.15, -0.1) is 0 Å². The molecule has 0 saturated carbocycles. The first-order valence-electron chi connectivity index (χ1n) is 8.61. The van der Waals surface area contributed by atoms with Gasteiger partial charge in [-0.1, -0.05) is 24.3 Å². The minimum atomic E-state index is -4.40. The van der Waals surface area contributed by atoms with Gasteiger partial charge in [-0.05, 0) is 35.4 Å². The quantitative estimate of drug-likeness (QED) is 0.641. The fourth-order valence-corrected chi connectivity index (χ4v) is 2.40. The Hall–Kier alpha value is -2.13. The number of alkyl halides is 3. The van der Waals surface area contributed by atoms with Crippen molar-refractivity contribution in [3.8, 4) is 5.75 Å². The van der Waals surface area contributed by atoms with Gasteiger partial charge in [0.15, 0.2) is 0 Å². The lowest BCUT2D eigenvalue weighted by Crippen LogP contribution is -2.36. The first kappa shape index (κ1) is 22.2. The van der Waals surface area contributed by atoms with Crippen molar-refractivity contribution in [3.05, 3.63) is 65.2 Å². The average Bonchev–Trinajstić information content (AvgIpc) is 2.70. The molecule has 2 N–H and O–H groups in total. The van der Waals surface area contributed by atoms with Crippen LogP contribution in [0.2, 0.25) is 0 Å². The van der Waals surface area contributed by atoms with Crippen LogP contribution in [0, 0.1) is 0 Å². The van der Waals surface area contributed by atoms with E-state index in [0.717, 1.165) is 23.4 Å². The molecule has 0 amide bonds. The van der Waals surface area contributed by atoms with E-state index in [1.807, 2.05) is 12.1 Å². The van der Waals surface area contributed by atoms with Gasteiger partial charge in [-0.25, -0.2) is 0 Å². The molecule has 0 radical (unpaired) electrons. The summed E-state index contributed by atoms with van der Waals surface area (Å²) in [5.41, 5.74) is 0.657. The highest BCUT2D eigenvalue weighted by atomic mass is 19.4. The molecule has 5 nitrogen and oxygen atoms in total. The Morgan fingerprint density at radius 2 is 1.50 bits per heavy atom. The first-order valence-corrected chi connectivity index (χ1v) is 8.61. The number of benzene rings is 2. The summed E-state index contributed by atoms with van der Waals surface area (Å²) in [7, 11) is 1.57. The molecule has 0 bridgehead atoms. The van der Waals surface area contributed by atoms with Crippen molar-refractivity contribution < 1.29 is 37.6 Å². The summed E-state index contributed by atoms with van der Waals surface area (Å²) in [6.45, 7) is -0.272. The molecule has 0 aliphatic heterocycles. The zero-order chi connectivity index (χ0) is 20.6. The standard InChI is InChI=1S/C20H23F3O5/c1-26-17-8-4-14(5-9-17)11-27-13-19(18(25)10-24)28-12-15-2-6-16(7-3-15)20(21,22)23/h2-9,18-19,24-25H,10-13H2,1H3/t18-,19+/m1/s1. The van der Waals surface area contributed by atoms with E-state index in [1.54, 1.807) is 19.2 Å². The van der Waals surface area contributed by atoms with Gasteiger partial charge in [0.2, 0.25) is 0 Å². The summed E-state index contributed by atoms with van der Waals surface area (Å²) in [5.74, 6) is 0.720. The number of halogens is 3. The lowest BCUT2D eigenvalue weighted by molar-refractivity contribution is -0.137. The number of ether oxygens (including phenoxy) is 3. The van der Waals surface area contributed by atoms with E-state index in [0.29, 0.717) is 5.56 Å². The molecular formula is C20H23F3O5. The van der Waals surface area contributed by atoms with Crippen molar-refractivity contribution in [3.63, 3.8) is 0 Å². The van der Waals surface area contributed by atoms with Crippen molar-refractivity contribution in [2.75, 3.05) is 20.3 Å². The van der Waals surface area contributed by atoms with Gasteiger partial charge >= 0.3 is 6.18 Å². The number of hydrogen-bond donors (Lipinski definition) is 2. The molecule has 154 valence electrons. The molecule has 0 spiro atoms. The molecule has 2 rings (SSSR count). The third-order valence-electron chi connectivity index (χ3n) is 4.07. The van der Waals surface area contributed by atoms with Gasteiger partial charge in [0.25, 0.3) is 0 Å². The van der Waals surface area contributed by atoms with Crippen LogP contribution < -0.4 is 4.74 Å². The van der Waals surface area contributed by atoms with Crippen LogP contribution in [-0.4, -0.2) is 42.7 Å². The van der Waals surface area contributed by atoms with E-state index in [9.17, 15) is 23.4 Å². The number of aliphatic hydroxyl groups excluding tert-OH is 2. The second kappa shape index (κ2) is 10.4. The Morgan fingerprint density at radius 3 is 2.04 bits per heavy atom. The summed E-state index contributed by atoms with van der Waals surface area (Å²) in [6.07, 6.45) is -6.40. The SMILES string of the molecule is COc1ccc(COC[C@H](OCc2ccc(C(F)(F)F)cc2)[C@H](O)CO)cc1. The van der Waals surface area contributed by atoms with Crippen LogP contribution in [0.4, 0.5) is 13.2 Å². The van der Waals surface area contributed by atoms with Gasteiger partial charge in [0.1, 0.15) is 18.0 Å². The maximum atomic E-state index is 12.6. The Bertz CT molecular complexity index is 701. The van der Waals surface area contributed by atoms with Gasteiger partial charge in [0, 0.05) is 0 Å². The van der Waals surface area contributed by atoms with Crippen molar-refractivity contribution >= 4 is 0 Å². The van der Waals surface area contributed by atoms with Crippen molar-refractivity contribution in [1.82, 2.24) is 0 Å². The monoisotopic (exact) mass is 400 g/mol. The van der Waals surface area contributed by atoms with Crippen molar-refractivity contribution in [2.45, 2.75) is 31.6 Å². The third kappa shape index (κ3) is 6.79. The molecule has 0 aromatic heterocycles. The largest absolute Gasteiger partial charge is 0.497 e. The molecular weight excluding hydrogens is 377 g/mol. The first-order chi connectivity index (χ1) is 13.3. The molecule has 0 saturated heterocycles. The maximum absolute atomic E-state index is 12.6. The highest BCUT2D eigenvalue weighted by Crippen LogP contribution is 2.29. The zero-order valence-corrected chi connectivity index (χ0v) is 15.4. The summed E-state index contributed by atoms with van der Waals surface area (Å²) >= 11 is 0. The molecule has 2 aromatic rings. The zero-order valence-electron chi connectivity index (χ0n) is 15.4.